The molecule has 5 heteroatoms. The molecule has 188 valence electrons. The molecule has 0 fully saturated rings. The average Bonchev–Trinajstić information content (AvgIpc) is 2.98. The molecule has 0 radical (unpaired) electrons. The smallest absolute Gasteiger partial charge is 0.259 e. The third-order valence-corrected chi connectivity index (χ3v) is 7.08. The fraction of sp³-hybridized carbons (Fsp3) is 0.152. The predicted octanol–water partition coefficient (Wildman–Crippen LogP) is 6.10. The van der Waals surface area contributed by atoms with E-state index in [2.05, 4.69) is 30.3 Å². The number of ether oxygens (including phenoxy) is 1. The molecule has 5 aromatic rings. The van der Waals surface area contributed by atoms with Crippen molar-refractivity contribution in [3.05, 3.63) is 136 Å². The van der Waals surface area contributed by atoms with E-state index in [1.54, 1.807) is 23.8 Å². The molecular formula is C33H29N3O2. The summed E-state index contributed by atoms with van der Waals surface area (Å²) in [6.07, 6.45) is 0.513. The molecule has 38 heavy (non-hydrogen) atoms. The first-order valence-corrected chi connectivity index (χ1v) is 12.7. The van der Waals surface area contributed by atoms with E-state index in [1.807, 2.05) is 72.8 Å². The van der Waals surface area contributed by atoms with Gasteiger partial charge >= 0.3 is 0 Å². The average molecular weight is 500 g/mol. The normalized spacial score (nSPS) is 11.8. The molecular weight excluding hydrogens is 470 g/mol. The molecule has 1 heterocycles. The van der Waals surface area contributed by atoms with E-state index in [4.69, 9.17) is 10.5 Å². The van der Waals surface area contributed by atoms with E-state index in [0.717, 1.165) is 22.3 Å². The quantitative estimate of drug-likeness (QED) is 0.280. The summed E-state index contributed by atoms with van der Waals surface area (Å²) in [7, 11) is 1.59. The minimum atomic E-state index is -0.273. The standard InChI is InChI=1S/C33H29N3O2/c1-38-26-17-18-27-28(21-26)32(25-15-9-4-10-16-25)30(22-34)36(33(27)37)20-19-29(35)31(23-11-5-2-6-12-23)24-13-7-3-8-14-24/h2-18,21,29,31H,19-20,35H2,1H3. The van der Waals surface area contributed by atoms with Crippen LogP contribution in [0.2, 0.25) is 0 Å². The summed E-state index contributed by atoms with van der Waals surface area (Å²) < 4.78 is 7.03. The maximum atomic E-state index is 13.7. The van der Waals surface area contributed by atoms with Crippen molar-refractivity contribution in [1.29, 1.82) is 5.26 Å². The number of fused-ring (bicyclic) bond motifs is 1. The molecule has 1 aromatic heterocycles. The molecule has 5 rings (SSSR count). The zero-order chi connectivity index (χ0) is 26.5. The van der Waals surface area contributed by atoms with Gasteiger partial charge in [-0.15, -0.1) is 0 Å². The Labute approximate surface area is 222 Å². The van der Waals surface area contributed by atoms with E-state index in [-0.39, 0.29) is 17.5 Å². The van der Waals surface area contributed by atoms with Crippen LogP contribution >= 0.6 is 0 Å². The monoisotopic (exact) mass is 499 g/mol. The minimum absolute atomic E-state index is 0.0445. The summed E-state index contributed by atoms with van der Waals surface area (Å²) in [5.74, 6) is 0.586. The van der Waals surface area contributed by atoms with Gasteiger partial charge in [0.15, 0.2) is 0 Å². The maximum absolute atomic E-state index is 13.7. The van der Waals surface area contributed by atoms with Crippen molar-refractivity contribution in [1.82, 2.24) is 4.57 Å². The second kappa shape index (κ2) is 11.2. The first-order chi connectivity index (χ1) is 18.6. The van der Waals surface area contributed by atoms with Crippen LogP contribution < -0.4 is 16.0 Å². The van der Waals surface area contributed by atoms with Crippen molar-refractivity contribution < 1.29 is 4.74 Å². The van der Waals surface area contributed by atoms with Gasteiger partial charge in [0.25, 0.3) is 5.56 Å². The van der Waals surface area contributed by atoms with Crippen LogP contribution in [0.15, 0.2) is 114 Å². The lowest BCUT2D eigenvalue weighted by molar-refractivity contribution is 0.415. The van der Waals surface area contributed by atoms with Crippen LogP contribution in [0.4, 0.5) is 0 Å². The Morgan fingerprint density at radius 1 is 0.842 bits per heavy atom. The summed E-state index contributed by atoms with van der Waals surface area (Å²) in [5.41, 5.74) is 10.8. The van der Waals surface area contributed by atoms with Gasteiger partial charge in [-0.05, 0) is 41.3 Å². The van der Waals surface area contributed by atoms with Crippen molar-refractivity contribution in [2.45, 2.75) is 24.9 Å². The number of hydrogen-bond acceptors (Lipinski definition) is 4. The van der Waals surface area contributed by atoms with Gasteiger partial charge in [-0.25, -0.2) is 0 Å². The molecule has 0 saturated heterocycles. The number of hydrogen-bond donors (Lipinski definition) is 1. The van der Waals surface area contributed by atoms with E-state index in [0.29, 0.717) is 35.2 Å². The van der Waals surface area contributed by atoms with Crippen LogP contribution in [-0.2, 0) is 6.54 Å². The first kappa shape index (κ1) is 25.0. The van der Waals surface area contributed by atoms with Gasteiger partial charge in [-0.1, -0.05) is 91.0 Å². The number of nitriles is 1. The Kier molecular flexibility index (Phi) is 7.35. The highest BCUT2D eigenvalue weighted by molar-refractivity contribution is 5.99. The van der Waals surface area contributed by atoms with Gasteiger partial charge in [-0.2, -0.15) is 5.26 Å². The Balaban J connectivity index is 1.60. The van der Waals surface area contributed by atoms with E-state index in [1.165, 1.54) is 0 Å². The zero-order valence-electron chi connectivity index (χ0n) is 21.2. The Morgan fingerprint density at radius 3 is 1.97 bits per heavy atom. The number of nitrogens with zero attached hydrogens (tertiary/aromatic N) is 2. The van der Waals surface area contributed by atoms with Crippen molar-refractivity contribution in [3.63, 3.8) is 0 Å². The predicted molar refractivity (Wildman–Crippen MR) is 152 cm³/mol. The Bertz CT molecular complexity index is 1600. The lowest BCUT2D eigenvalue weighted by atomic mass is 9.84. The van der Waals surface area contributed by atoms with E-state index in [9.17, 15) is 10.1 Å². The molecule has 0 spiro atoms. The first-order valence-electron chi connectivity index (χ1n) is 12.7. The third kappa shape index (κ3) is 4.82. The minimum Gasteiger partial charge on any atom is -0.497 e. The molecule has 1 atom stereocenters. The largest absolute Gasteiger partial charge is 0.497 e. The SMILES string of the molecule is COc1ccc2c(=O)n(CCC(N)C(c3ccccc3)c3ccccc3)c(C#N)c(-c3ccccc3)c2c1. The summed E-state index contributed by atoms with van der Waals surface area (Å²) in [5, 5.41) is 11.6. The summed E-state index contributed by atoms with van der Waals surface area (Å²) in [4.78, 5) is 13.7. The van der Waals surface area contributed by atoms with Crippen LogP contribution in [0.1, 0.15) is 29.2 Å². The molecule has 0 amide bonds. The van der Waals surface area contributed by atoms with Gasteiger partial charge in [0, 0.05) is 34.8 Å². The van der Waals surface area contributed by atoms with Gasteiger partial charge in [0.2, 0.25) is 0 Å². The highest BCUT2D eigenvalue weighted by Gasteiger charge is 2.24. The number of benzene rings is 4. The van der Waals surface area contributed by atoms with Crippen molar-refractivity contribution in [3.8, 4) is 22.9 Å². The molecule has 0 aliphatic carbocycles. The summed E-state index contributed by atoms with van der Waals surface area (Å²) in [6.45, 7) is 0.320. The molecule has 5 nitrogen and oxygen atoms in total. The zero-order valence-corrected chi connectivity index (χ0v) is 21.2. The fourth-order valence-corrected chi connectivity index (χ4v) is 5.23. The third-order valence-electron chi connectivity index (χ3n) is 7.08. The summed E-state index contributed by atoms with van der Waals surface area (Å²) in [6, 6.07) is 37.5. The number of nitrogens with two attached hydrogens (primary N) is 1. The van der Waals surface area contributed by atoms with Crippen molar-refractivity contribution >= 4 is 10.8 Å². The highest BCUT2D eigenvalue weighted by atomic mass is 16.5. The molecule has 0 aliphatic heterocycles. The second-order valence-corrected chi connectivity index (χ2v) is 9.32. The number of rotatable bonds is 8. The van der Waals surface area contributed by atoms with Gasteiger partial charge in [0.05, 0.1) is 7.11 Å². The fourth-order valence-electron chi connectivity index (χ4n) is 5.23. The Morgan fingerprint density at radius 2 is 1.42 bits per heavy atom. The molecule has 1 unspecified atom stereocenters. The van der Waals surface area contributed by atoms with Gasteiger partial charge in [0.1, 0.15) is 17.5 Å². The highest BCUT2D eigenvalue weighted by Crippen LogP contribution is 2.33. The van der Waals surface area contributed by atoms with Crippen LogP contribution in [0.25, 0.3) is 21.9 Å². The lowest BCUT2D eigenvalue weighted by Crippen LogP contribution is -2.33. The van der Waals surface area contributed by atoms with Crippen molar-refractivity contribution in [2.75, 3.05) is 7.11 Å². The van der Waals surface area contributed by atoms with Gasteiger partial charge < -0.3 is 10.5 Å². The molecule has 4 aromatic carbocycles. The van der Waals surface area contributed by atoms with Gasteiger partial charge in [-0.3, -0.25) is 9.36 Å². The lowest BCUT2D eigenvalue weighted by Gasteiger charge is -2.26. The van der Waals surface area contributed by atoms with Crippen LogP contribution in [0.3, 0.4) is 0 Å². The van der Waals surface area contributed by atoms with E-state index >= 15 is 0 Å². The van der Waals surface area contributed by atoms with E-state index < -0.39 is 0 Å². The maximum Gasteiger partial charge on any atom is 0.259 e. The number of methoxy groups -OCH3 is 1. The summed E-state index contributed by atoms with van der Waals surface area (Å²) >= 11 is 0. The number of pyridine rings is 1. The molecule has 2 N–H and O–H groups in total. The van der Waals surface area contributed by atoms with Crippen molar-refractivity contribution in [2.24, 2.45) is 5.73 Å². The topological polar surface area (TPSA) is 81.0 Å². The van der Waals surface area contributed by atoms with Crippen LogP contribution in [0, 0.1) is 11.3 Å². The second-order valence-electron chi connectivity index (χ2n) is 9.32. The molecule has 0 saturated carbocycles. The number of aromatic nitrogens is 1. The molecule has 0 aliphatic rings. The molecule has 0 bridgehead atoms. The van der Waals surface area contributed by atoms with Crippen LogP contribution in [-0.4, -0.2) is 17.7 Å². The Hall–Kier alpha value is -4.66. The van der Waals surface area contributed by atoms with Crippen LogP contribution in [0.5, 0.6) is 5.75 Å².